The predicted octanol–water partition coefficient (Wildman–Crippen LogP) is 0.904. The average molecular weight is 231 g/mol. The summed E-state index contributed by atoms with van der Waals surface area (Å²) in [5.74, 6) is 0.622. The molecule has 0 bridgehead atoms. The Bertz CT molecular complexity index is 551. The van der Waals surface area contributed by atoms with Crippen LogP contribution in [-0.4, -0.2) is 16.4 Å². The number of nitrogens with two attached hydrogens (primary N) is 1. The van der Waals surface area contributed by atoms with Gasteiger partial charge in [-0.25, -0.2) is 4.68 Å². The Labute approximate surface area is 98.5 Å². The molecule has 0 unspecified atom stereocenters. The summed E-state index contributed by atoms with van der Waals surface area (Å²) in [6.45, 7) is 0.749. The first-order chi connectivity index (χ1) is 8.27. The second kappa shape index (κ2) is 5.16. The minimum Gasteiger partial charge on any atom is -0.489 e. The van der Waals surface area contributed by atoms with E-state index in [0.717, 1.165) is 0 Å². The summed E-state index contributed by atoms with van der Waals surface area (Å²) >= 11 is 0. The average Bonchev–Trinajstić information content (AvgIpc) is 2.34. The molecule has 17 heavy (non-hydrogen) atoms. The molecule has 1 aromatic carbocycles. The van der Waals surface area contributed by atoms with Gasteiger partial charge < -0.3 is 10.5 Å². The Hall–Kier alpha value is -2.30. The number of para-hydroxylation sites is 2. The normalized spacial score (nSPS) is 10.1. The Morgan fingerprint density at radius 1 is 1.24 bits per heavy atom. The van der Waals surface area contributed by atoms with Crippen molar-refractivity contribution in [1.82, 2.24) is 9.78 Å². The van der Waals surface area contributed by atoms with Gasteiger partial charge in [-0.1, -0.05) is 12.1 Å². The highest BCUT2D eigenvalue weighted by Gasteiger charge is 1.99. The SMILES string of the molecule is Nc1ccccc1OCCn1ncccc1=O. The fourth-order valence-electron chi connectivity index (χ4n) is 1.41. The molecule has 0 aliphatic carbocycles. The van der Waals surface area contributed by atoms with Crippen molar-refractivity contribution in [2.24, 2.45) is 0 Å². The van der Waals surface area contributed by atoms with E-state index in [1.54, 1.807) is 24.4 Å². The van der Waals surface area contributed by atoms with Crippen LogP contribution in [0.5, 0.6) is 5.75 Å². The Kier molecular flexibility index (Phi) is 3.40. The van der Waals surface area contributed by atoms with Crippen molar-refractivity contribution in [2.45, 2.75) is 6.54 Å². The highest BCUT2D eigenvalue weighted by molar-refractivity contribution is 5.51. The molecule has 0 fully saturated rings. The number of rotatable bonds is 4. The van der Waals surface area contributed by atoms with Crippen LogP contribution in [0.25, 0.3) is 0 Å². The minimum atomic E-state index is -0.142. The molecule has 0 saturated heterocycles. The van der Waals surface area contributed by atoms with Crippen molar-refractivity contribution < 1.29 is 4.74 Å². The fourth-order valence-corrected chi connectivity index (χ4v) is 1.41. The van der Waals surface area contributed by atoms with Gasteiger partial charge in [0.1, 0.15) is 12.4 Å². The smallest absolute Gasteiger partial charge is 0.266 e. The first kappa shape index (κ1) is 11.2. The zero-order valence-corrected chi connectivity index (χ0v) is 9.24. The van der Waals surface area contributed by atoms with Crippen LogP contribution in [0.3, 0.4) is 0 Å². The Morgan fingerprint density at radius 2 is 2.06 bits per heavy atom. The molecule has 0 aliphatic heterocycles. The zero-order valence-electron chi connectivity index (χ0n) is 9.24. The number of anilines is 1. The van der Waals surface area contributed by atoms with Crippen LogP contribution >= 0.6 is 0 Å². The Balaban J connectivity index is 1.95. The van der Waals surface area contributed by atoms with Gasteiger partial charge in [0.15, 0.2) is 0 Å². The van der Waals surface area contributed by atoms with E-state index in [2.05, 4.69) is 5.10 Å². The van der Waals surface area contributed by atoms with E-state index in [9.17, 15) is 4.79 Å². The van der Waals surface area contributed by atoms with Gasteiger partial charge in [-0.05, 0) is 18.2 Å². The van der Waals surface area contributed by atoms with Crippen molar-refractivity contribution in [3.05, 3.63) is 52.9 Å². The summed E-state index contributed by atoms with van der Waals surface area (Å²) in [7, 11) is 0. The quantitative estimate of drug-likeness (QED) is 0.794. The van der Waals surface area contributed by atoms with Crippen LogP contribution < -0.4 is 16.0 Å². The van der Waals surface area contributed by atoms with E-state index in [-0.39, 0.29) is 5.56 Å². The Morgan fingerprint density at radius 3 is 2.82 bits per heavy atom. The molecule has 1 aromatic heterocycles. The van der Waals surface area contributed by atoms with Gasteiger partial charge in [-0.2, -0.15) is 5.10 Å². The van der Waals surface area contributed by atoms with Crippen LogP contribution in [0, 0.1) is 0 Å². The largest absolute Gasteiger partial charge is 0.489 e. The monoisotopic (exact) mass is 231 g/mol. The number of nitrogen functional groups attached to an aromatic ring is 1. The highest BCUT2D eigenvalue weighted by atomic mass is 16.5. The molecule has 0 spiro atoms. The summed E-state index contributed by atoms with van der Waals surface area (Å²) in [5, 5.41) is 3.92. The molecule has 0 aliphatic rings. The maximum Gasteiger partial charge on any atom is 0.266 e. The van der Waals surface area contributed by atoms with Crippen molar-refractivity contribution >= 4 is 5.69 Å². The fraction of sp³-hybridized carbons (Fsp3) is 0.167. The number of hydrogen-bond acceptors (Lipinski definition) is 4. The molecule has 2 rings (SSSR count). The lowest BCUT2D eigenvalue weighted by Gasteiger charge is -2.08. The predicted molar refractivity (Wildman–Crippen MR) is 64.8 cm³/mol. The standard InChI is InChI=1S/C12H13N3O2/c13-10-4-1-2-5-11(10)17-9-8-15-12(16)6-3-7-14-15/h1-7H,8-9,13H2. The third-order valence-electron chi connectivity index (χ3n) is 2.26. The highest BCUT2D eigenvalue weighted by Crippen LogP contribution is 2.19. The van der Waals surface area contributed by atoms with Crippen molar-refractivity contribution in [1.29, 1.82) is 0 Å². The number of hydrogen-bond donors (Lipinski definition) is 1. The van der Waals surface area contributed by atoms with Crippen LogP contribution in [-0.2, 0) is 6.54 Å². The second-order valence-electron chi connectivity index (χ2n) is 3.47. The lowest BCUT2D eigenvalue weighted by Crippen LogP contribution is -2.24. The molecule has 88 valence electrons. The van der Waals surface area contributed by atoms with Gasteiger partial charge in [-0.15, -0.1) is 0 Å². The van der Waals surface area contributed by atoms with Crippen LogP contribution in [0.1, 0.15) is 0 Å². The van der Waals surface area contributed by atoms with E-state index in [1.807, 2.05) is 12.1 Å². The van der Waals surface area contributed by atoms with Crippen LogP contribution in [0.4, 0.5) is 5.69 Å². The molecule has 5 nitrogen and oxygen atoms in total. The molecule has 1 heterocycles. The van der Waals surface area contributed by atoms with Gasteiger partial charge in [0.05, 0.1) is 12.2 Å². The summed E-state index contributed by atoms with van der Waals surface area (Å²) in [6, 6.07) is 10.3. The van der Waals surface area contributed by atoms with E-state index in [1.165, 1.54) is 10.7 Å². The molecule has 0 amide bonds. The van der Waals surface area contributed by atoms with Gasteiger partial charge in [0, 0.05) is 12.3 Å². The number of benzene rings is 1. The number of nitrogens with zero attached hydrogens (tertiary/aromatic N) is 2. The molecule has 5 heteroatoms. The summed E-state index contributed by atoms with van der Waals surface area (Å²) in [5.41, 5.74) is 6.16. The summed E-state index contributed by atoms with van der Waals surface area (Å²) in [6.07, 6.45) is 1.57. The first-order valence-corrected chi connectivity index (χ1v) is 5.27. The third-order valence-corrected chi connectivity index (χ3v) is 2.26. The van der Waals surface area contributed by atoms with E-state index in [0.29, 0.717) is 24.6 Å². The topological polar surface area (TPSA) is 70.1 Å². The van der Waals surface area contributed by atoms with Gasteiger partial charge in [0.25, 0.3) is 5.56 Å². The van der Waals surface area contributed by atoms with Crippen molar-refractivity contribution in [2.75, 3.05) is 12.3 Å². The van der Waals surface area contributed by atoms with E-state index >= 15 is 0 Å². The first-order valence-electron chi connectivity index (χ1n) is 5.27. The van der Waals surface area contributed by atoms with Gasteiger partial charge in [-0.3, -0.25) is 4.79 Å². The van der Waals surface area contributed by atoms with E-state index in [4.69, 9.17) is 10.5 Å². The van der Waals surface area contributed by atoms with E-state index < -0.39 is 0 Å². The summed E-state index contributed by atoms with van der Waals surface area (Å²) in [4.78, 5) is 11.3. The number of aromatic nitrogens is 2. The molecular formula is C12H13N3O2. The lowest BCUT2D eigenvalue weighted by molar-refractivity contribution is 0.289. The van der Waals surface area contributed by atoms with Crippen LogP contribution in [0.2, 0.25) is 0 Å². The van der Waals surface area contributed by atoms with Crippen LogP contribution in [0.15, 0.2) is 47.4 Å². The molecule has 0 atom stereocenters. The molecular weight excluding hydrogens is 218 g/mol. The molecule has 0 saturated carbocycles. The van der Waals surface area contributed by atoms with Gasteiger partial charge >= 0.3 is 0 Å². The molecule has 0 radical (unpaired) electrons. The molecule has 2 aromatic rings. The maximum atomic E-state index is 11.3. The minimum absolute atomic E-state index is 0.142. The molecule has 2 N–H and O–H groups in total. The van der Waals surface area contributed by atoms with Crippen molar-refractivity contribution in [3.8, 4) is 5.75 Å². The zero-order chi connectivity index (χ0) is 12.1. The maximum absolute atomic E-state index is 11.3. The third kappa shape index (κ3) is 2.84. The van der Waals surface area contributed by atoms with Gasteiger partial charge in [0.2, 0.25) is 0 Å². The summed E-state index contributed by atoms with van der Waals surface area (Å²) < 4.78 is 6.82. The second-order valence-corrected chi connectivity index (χ2v) is 3.47. The lowest BCUT2D eigenvalue weighted by atomic mass is 10.3. The van der Waals surface area contributed by atoms with Crippen molar-refractivity contribution in [3.63, 3.8) is 0 Å². The number of ether oxygens (including phenoxy) is 1.